The number of hydrogen-bond donors (Lipinski definition) is 1. The van der Waals surface area contributed by atoms with Crippen molar-refractivity contribution >= 4 is 29.3 Å². The van der Waals surface area contributed by atoms with Crippen LogP contribution in [-0.4, -0.2) is 48.5 Å². The maximum atomic E-state index is 12.5. The van der Waals surface area contributed by atoms with E-state index in [0.717, 1.165) is 16.8 Å². The minimum Gasteiger partial charge on any atom is -0.383 e. The Bertz CT molecular complexity index is 720. The van der Waals surface area contributed by atoms with Gasteiger partial charge in [-0.2, -0.15) is 0 Å². The lowest BCUT2D eigenvalue weighted by atomic mass is 10.2. The van der Waals surface area contributed by atoms with Crippen LogP contribution in [0.25, 0.3) is 0 Å². The molecule has 144 valence electrons. The van der Waals surface area contributed by atoms with Crippen LogP contribution in [0.3, 0.4) is 0 Å². The van der Waals surface area contributed by atoms with Gasteiger partial charge in [0, 0.05) is 25.9 Å². The molecule has 2 aromatic carbocycles. The van der Waals surface area contributed by atoms with Gasteiger partial charge in [-0.15, -0.1) is 11.8 Å². The first kappa shape index (κ1) is 21.0. The predicted molar refractivity (Wildman–Crippen MR) is 111 cm³/mol. The minimum absolute atomic E-state index is 0.00374. The third kappa shape index (κ3) is 7.85. The highest BCUT2D eigenvalue weighted by molar-refractivity contribution is 8.00. The number of nitrogens with zero attached hydrogens (tertiary/aromatic N) is 1. The molecule has 0 heterocycles. The van der Waals surface area contributed by atoms with Crippen molar-refractivity contribution in [1.29, 1.82) is 0 Å². The van der Waals surface area contributed by atoms with Gasteiger partial charge in [0.2, 0.25) is 11.8 Å². The summed E-state index contributed by atoms with van der Waals surface area (Å²) in [6.07, 6.45) is 0. The van der Waals surface area contributed by atoms with Crippen LogP contribution in [0.5, 0.6) is 0 Å². The Morgan fingerprint density at radius 1 is 1.04 bits per heavy atom. The molecule has 0 saturated heterocycles. The molecule has 2 amide bonds. The average molecular weight is 387 g/mol. The van der Waals surface area contributed by atoms with E-state index in [0.29, 0.717) is 19.7 Å². The number of rotatable bonds is 10. The molecule has 0 aliphatic heterocycles. The first-order chi connectivity index (χ1) is 13.1. The van der Waals surface area contributed by atoms with Gasteiger partial charge in [0.25, 0.3) is 0 Å². The van der Waals surface area contributed by atoms with E-state index in [1.165, 1.54) is 11.8 Å². The van der Waals surface area contributed by atoms with Gasteiger partial charge in [0.15, 0.2) is 0 Å². The standard InChI is InChI=1S/C21H26N2O3S/c1-17-8-10-19(11-9-17)22-20(24)15-27-16-21(25)23(12-13-26-2)14-18-6-4-3-5-7-18/h3-11H,12-16H2,1-2H3,(H,22,24). The number of hydrogen-bond acceptors (Lipinski definition) is 4. The fourth-order valence-corrected chi connectivity index (χ4v) is 3.17. The third-order valence-corrected chi connectivity index (χ3v) is 4.85. The number of benzene rings is 2. The Morgan fingerprint density at radius 3 is 2.41 bits per heavy atom. The SMILES string of the molecule is COCCN(Cc1ccccc1)C(=O)CSCC(=O)Nc1ccc(C)cc1. The predicted octanol–water partition coefficient (Wildman–Crippen LogP) is 3.34. The van der Waals surface area contributed by atoms with Crippen molar-refractivity contribution in [1.82, 2.24) is 4.90 Å². The Morgan fingerprint density at radius 2 is 1.74 bits per heavy atom. The van der Waals surface area contributed by atoms with Crippen LogP contribution in [0, 0.1) is 6.92 Å². The fraction of sp³-hybridized carbons (Fsp3) is 0.333. The lowest BCUT2D eigenvalue weighted by Crippen LogP contribution is -2.35. The summed E-state index contributed by atoms with van der Waals surface area (Å²) < 4.78 is 5.11. The highest BCUT2D eigenvalue weighted by Gasteiger charge is 2.14. The maximum Gasteiger partial charge on any atom is 0.234 e. The molecule has 27 heavy (non-hydrogen) atoms. The second-order valence-electron chi connectivity index (χ2n) is 6.20. The van der Waals surface area contributed by atoms with Gasteiger partial charge in [0.05, 0.1) is 18.1 Å². The second-order valence-corrected chi connectivity index (χ2v) is 7.19. The number of amides is 2. The molecule has 0 fully saturated rings. The Hall–Kier alpha value is -2.31. The molecule has 0 atom stereocenters. The summed E-state index contributed by atoms with van der Waals surface area (Å²) in [4.78, 5) is 26.4. The van der Waals surface area contributed by atoms with Crippen molar-refractivity contribution in [2.24, 2.45) is 0 Å². The topological polar surface area (TPSA) is 58.6 Å². The first-order valence-corrected chi connectivity index (χ1v) is 9.99. The molecule has 0 radical (unpaired) electrons. The van der Waals surface area contributed by atoms with Crippen LogP contribution in [0.4, 0.5) is 5.69 Å². The minimum atomic E-state index is -0.108. The highest BCUT2D eigenvalue weighted by Crippen LogP contribution is 2.11. The summed E-state index contributed by atoms with van der Waals surface area (Å²) in [6, 6.07) is 17.5. The summed E-state index contributed by atoms with van der Waals surface area (Å²) in [5.41, 5.74) is 2.98. The molecule has 5 nitrogen and oxygen atoms in total. The van der Waals surface area contributed by atoms with Crippen molar-refractivity contribution in [2.75, 3.05) is 37.1 Å². The van der Waals surface area contributed by atoms with Crippen LogP contribution < -0.4 is 5.32 Å². The zero-order valence-electron chi connectivity index (χ0n) is 15.8. The number of nitrogens with one attached hydrogen (secondary N) is 1. The lowest BCUT2D eigenvalue weighted by Gasteiger charge is -2.22. The van der Waals surface area contributed by atoms with Crippen LogP contribution >= 0.6 is 11.8 Å². The van der Waals surface area contributed by atoms with Crippen molar-refractivity contribution in [2.45, 2.75) is 13.5 Å². The molecule has 0 aromatic heterocycles. The summed E-state index contributed by atoms with van der Waals surface area (Å²) in [7, 11) is 1.62. The molecule has 0 saturated carbocycles. The van der Waals surface area contributed by atoms with Crippen molar-refractivity contribution in [3.63, 3.8) is 0 Å². The second kappa shape index (κ2) is 11.4. The summed E-state index contributed by atoms with van der Waals surface area (Å²) in [5.74, 6) is 0.396. The monoisotopic (exact) mass is 386 g/mol. The van der Waals surface area contributed by atoms with E-state index >= 15 is 0 Å². The van der Waals surface area contributed by atoms with Gasteiger partial charge in [-0.3, -0.25) is 9.59 Å². The molecule has 6 heteroatoms. The summed E-state index contributed by atoms with van der Waals surface area (Å²) in [5, 5.41) is 2.84. The Labute approximate surface area is 165 Å². The van der Waals surface area contributed by atoms with E-state index in [9.17, 15) is 9.59 Å². The van der Waals surface area contributed by atoms with Crippen molar-refractivity contribution in [3.8, 4) is 0 Å². The maximum absolute atomic E-state index is 12.5. The molecule has 0 aliphatic rings. The van der Waals surface area contributed by atoms with E-state index in [1.807, 2.05) is 61.5 Å². The molecular formula is C21H26N2O3S. The normalized spacial score (nSPS) is 10.4. The molecule has 1 N–H and O–H groups in total. The molecule has 0 spiro atoms. The lowest BCUT2D eigenvalue weighted by molar-refractivity contribution is -0.129. The molecule has 0 aliphatic carbocycles. The zero-order chi connectivity index (χ0) is 19.5. The quantitative estimate of drug-likeness (QED) is 0.680. The number of carbonyl (C=O) groups excluding carboxylic acids is 2. The first-order valence-electron chi connectivity index (χ1n) is 8.83. The average Bonchev–Trinajstić information content (AvgIpc) is 2.67. The largest absolute Gasteiger partial charge is 0.383 e. The van der Waals surface area contributed by atoms with Crippen LogP contribution in [0.2, 0.25) is 0 Å². The van der Waals surface area contributed by atoms with Gasteiger partial charge in [-0.1, -0.05) is 48.0 Å². The van der Waals surface area contributed by atoms with Crippen molar-refractivity contribution in [3.05, 3.63) is 65.7 Å². The molecule has 0 bridgehead atoms. The number of thioether (sulfide) groups is 1. The third-order valence-electron chi connectivity index (χ3n) is 3.93. The number of aryl methyl sites for hydroxylation is 1. The van der Waals surface area contributed by atoms with Crippen LogP contribution in [-0.2, 0) is 20.9 Å². The number of methoxy groups -OCH3 is 1. The van der Waals surface area contributed by atoms with E-state index in [-0.39, 0.29) is 23.3 Å². The number of ether oxygens (including phenoxy) is 1. The van der Waals surface area contributed by atoms with E-state index < -0.39 is 0 Å². The molecule has 2 rings (SSSR count). The van der Waals surface area contributed by atoms with E-state index in [2.05, 4.69) is 5.32 Å². The van der Waals surface area contributed by atoms with E-state index in [4.69, 9.17) is 4.74 Å². The van der Waals surface area contributed by atoms with E-state index in [1.54, 1.807) is 12.0 Å². The van der Waals surface area contributed by atoms with Crippen molar-refractivity contribution < 1.29 is 14.3 Å². The van der Waals surface area contributed by atoms with Gasteiger partial charge in [-0.25, -0.2) is 0 Å². The smallest absolute Gasteiger partial charge is 0.234 e. The fourth-order valence-electron chi connectivity index (χ4n) is 2.45. The van der Waals surface area contributed by atoms with Gasteiger partial charge >= 0.3 is 0 Å². The highest BCUT2D eigenvalue weighted by atomic mass is 32.2. The molecular weight excluding hydrogens is 360 g/mol. The number of anilines is 1. The van der Waals surface area contributed by atoms with Crippen LogP contribution in [0.15, 0.2) is 54.6 Å². The van der Waals surface area contributed by atoms with Gasteiger partial charge < -0.3 is 15.0 Å². The Kier molecular flexibility index (Phi) is 8.87. The van der Waals surface area contributed by atoms with Gasteiger partial charge in [-0.05, 0) is 24.6 Å². The number of carbonyl (C=O) groups is 2. The van der Waals surface area contributed by atoms with Gasteiger partial charge in [0.1, 0.15) is 0 Å². The summed E-state index contributed by atoms with van der Waals surface area (Å²) >= 11 is 1.32. The zero-order valence-corrected chi connectivity index (χ0v) is 16.6. The summed E-state index contributed by atoms with van der Waals surface area (Å²) in [6.45, 7) is 3.55. The van der Waals surface area contributed by atoms with Crippen LogP contribution in [0.1, 0.15) is 11.1 Å². The Balaban J connectivity index is 1.79. The molecule has 2 aromatic rings. The molecule has 0 unspecified atom stereocenters.